The number of nitrogens with zero attached hydrogens (tertiary/aromatic N) is 1. The third-order valence-corrected chi connectivity index (χ3v) is 3.89. The van der Waals surface area contributed by atoms with Crippen LogP contribution in [0.1, 0.15) is 5.56 Å². The summed E-state index contributed by atoms with van der Waals surface area (Å²) in [5, 5.41) is 9.14. The van der Waals surface area contributed by atoms with E-state index in [1.807, 2.05) is 12.1 Å². The van der Waals surface area contributed by atoms with E-state index in [0.29, 0.717) is 5.75 Å². The molecule has 1 fully saturated rings. The lowest BCUT2D eigenvalue weighted by Gasteiger charge is -2.25. The van der Waals surface area contributed by atoms with Crippen molar-refractivity contribution in [1.82, 2.24) is 4.90 Å². The van der Waals surface area contributed by atoms with Gasteiger partial charge in [-0.3, -0.25) is 9.11 Å². The van der Waals surface area contributed by atoms with E-state index in [9.17, 15) is 4.21 Å². The van der Waals surface area contributed by atoms with Crippen LogP contribution in [-0.2, 0) is 17.3 Å². The smallest absolute Gasteiger partial charge is 0.115 e. The third-order valence-electron chi connectivity index (χ3n) is 2.61. The number of aromatic hydroxyl groups is 1. The Labute approximate surface area is 92.2 Å². The molecule has 1 saturated heterocycles. The number of hydrogen-bond donors (Lipinski definition) is 1. The number of benzene rings is 1. The minimum atomic E-state index is -0.604. The van der Waals surface area contributed by atoms with E-state index < -0.39 is 10.8 Å². The Kier molecular flexibility index (Phi) is 3.38. The predicted octanol–water partition coefficient (Wildman–Crippen LogP) is 0.957. The molecule has 0 amide bonds. The molecule has 0 bridgehead atoms. The zero-order valence-electron chi connectivity index (χ0n) is 8.56. The molecular formula is C11H15NO2S. The molecule has 0 radical (unpaired) electrons. The van der Waals surface area contributed by atoms with Crippen molar-refractivity contribution in [2.75, 3.05) is 24.6 Å². The summed E-state index contributed by atoms with van der Waals surface area (Å²) in [6, 6.07) is 7.27. The highest BCUT2D eigenvalue weighted by Crippen LogP contribution is 2.12. The summed E-state index contributed by atoms with van der Waals surface area (Å²) >= 11 is 0. The molecule has 0 unspecified atom stereocenters. The average molecular weight is 225 g/mol. The van der Waals surface area contributed by atoms with Gasteiger partial charge in [0, 0.05) is 41.9 Å². The van der Waals surface area contributed by atoms with Gasteiger partial charge in [-0.1, -0.05) is 12.1 Å². The molecule has 15 heavy (non-hydrogen) atoms. The highest BCUT2D eigenvalue weighted by Gasteiger charge is 2.14. The van der Waals surface area contributed by atoms with Crippen molar-refractivity contribution in [2.24, 2.45) is 0 Å². The molecule has 82 valence electrons. The van der Waals surface area contributed by atoms with Gasteiger partial charge in [0.1, 0.15) is 5.75 Å². The van der Waals surface area contributed by atoms with Crippen molar-refractivity contribution >= 4 is 10.8 Å². The number of hydrogen-bond acceptors (Lipinski definition) is 3. The van der Waals surface area contributed by atoms with Crippen molar-refractivity contribution in [3.05, 3.63) is 29.8 Å². The van der Waals surface area contributed by atoms with Crippen LogP contribution in [0.15, 0.2) is 24.3 Å². The molecule has 3 nitrogen and oxygen atoms in total. The van der Waals surface area contributed by atoms with Crippen molar-refractivity contribution in [3.63, 3.8) is 0 Å². The Balaban J connectivity index is 1.91. The Morgan fingerprint density at radius 3 is 2.40 bits per heavy atom. The van der Waals surface area contributed by atoms with Gasteiger partial charge in [-0.05, 0) is 17.7 Å². The second-order valence-corrected chi connectivity index (χ2v) is 5.49. The number of rotatable bonds is 2. The van der Waals surface area contributed by atoms with E-state index in [1.165, 1.54) is 5.56 Å². The van der Waals surface area contributed by atoms with E-state index in [2.05, 4.69) is 4.90 Å². The molecule has 1 N–H and O–H groups in total. The van der Waals surface area contributed by atoms with E-state index >= 15 is 0 Å². The monoisotopic (exact) mass is 225 g/mol. The molecule has 4 heteroatoms. The summed E-state index contributed by atoms with van der Waals surface area (Å²) in [4.78, 5) is 2.30. The topological polar surface area (TPSA) is 40.5 Å². The summed E-state index contributed by atoms with van der Waals surface area (Å²) in [5.41, 5.74) is 1.19. The van der Waals surface area contributed by atoms with Gasteiger partial charge < -0.3 is 5.11 Å². The van der Waals surface area contributed by atoms with Crippen molar-refractivity contribution in [2.45, 2.75) is 6.54 Å². The van der Waals surface area contributed by atoms with Gasteiger partial charge in [0.2, 0.25) is 0 Å². The van der Waals surface area contributed by atoms with Crippen LogP contribution in [0, 0.1) is 0 Å². The highest BCUT2D eigenvalue weighted by atomic mass is 32.2. The largest absolute Gasteiger partial charge is 0.508 e. The second kappa shape index (κ2) is 4.77. The Morgan fingerprint density at radius 1 is 1.20 bits per heavy atom. The van der Waals surface area contributed by atoms with Crippen LogP contribution in [0.2, 0.25) is 0 Å². The summed E-state index contributed by atoms with van der Waals surface area (Å²) in [5.74, 6) is 1.88. The summed E-state index contributed by atoms with van der Waals surface area (Å²) in [6.45, 7) is 2.71. The highest BCUT2D eigenvalue weighted by molar-refractivity contribution is 7.85. The summed E-state index contributed by atoms with van der Waals surface area (Å²) < 4.78 is 11.2. The van der Waals surface area contributed by atoms with Crippen LogP contribution in [-0.4, -0.2) is 38.8 Å². The summed E-state index contributed by atoms with van der Waals surface area (Å²) in [6.07, 6.45) is 0. The van der Waals surface area contributed by atoms with Crippen molar-refractivity contribution in [1.29, 1.82) is 0 Å². The lowest BCUT2D eigenvalue weighted by Crippen LogP contribution is -2.37. The van der Waals surface area contributed by atoms with Gasteiger partial charge in [0.05, 0.1) is 0 Å². The van der Waals surface area contributed by atoms with Crippen LogP contribution in [0.25, 0.3) is 0 Å². The third kappa shape index (κ3) is 3.04. The Morgan fingerprint density at radius 2 is 1.80 bits per heavy atom. The molecule has 1 heterocycles. The Bertz CT molecular complexity index is 340. The molecule has 1 aromatic carbocycles. The van der Waals surface area contributed by atoms with Gasteiger partial charge in [-0.2, -0.15) is 0 Å². The first kappa shape index (κ1) is 10.6. The fraction of sp³-hybridized carbons (Fsp3) is 0.455. The van der Waals surface area contributed by atoms with Crippen molar-refractivity contribution in [3.8, 4) is 5.75 Å². The Hall–Kier alpha value is -0.870. The standard InChI is InChI=1S/C11H15NO2S/c13-11-3-1-10(2-4-11)9-12-5-7-15(14)8-6-12/h1-4,13H,5-9H2. The first-order valence-electron chi connectivity index (χ1n) is 5.09. The molecule has 1 aliphatic rings. The maximum Gasteiger partial charge on any atom is 0.115 e. The first-order valence-corrected chi connectivity index (χ1v) is 6.58. The van der Waals surface area contributed by atoms with E-state index in [4.69, 9.17) is 5.11 Å². The average Bonchev–Trinajstić information content (AvgIpc) is 2.25. The minimum Gasteiger partial charge on any atom is -0.508 e. The zero-order valence-corrected chi connectivity index (χ0v) is 9.37. The first-order chi connectivity index (χ1) is 7.24. The quantitative estimate of drug-likeness (QED) is 0.815. The van der Waals surface area contributed by atoms with Crippen LogP contribution < -0.4 is 0 Å². The second-order valence-electron chi connectivity index (χ2n) is 3.79. The van der Waals surface area contributed by atoms with E-state index in [1.54, 1.807) is 12.1 Å². The fourth-order valence-corrected chi connectivity index (χ4v) is 2.82. The fourth-order valence-electron chi connectivity index (χ4n) is 1.69. The van der Waals surface area contributed by atoms with Crippen molar-refractivity contribution < 1.29 is 9.32 Å². The molecule has 0 atom stereocenters. The van der Waals surface area contributed by atoms with Gasteiger partial charge in [0.25, 0.3) is 0 Å². The van der Waals surface area contributed by atoms with E-state index in [0.717, 1.165) is 31.1 Å². The molecule has 0 aliphatic carbocycles. The van der Waals surface area contributed by atoms with Crippen LogP contribution in [0.4, 0.5) is 0 Å². The van der Waals surface area contributed by atoms with Gasteiger partial charge in [-0.15, -0.1) is 0 Å². The molecule has 0 spiro atoms. The SMILES string of the molecule is O=S1CCN(Cc2ccc(O)cc2)CC1. The molecule has 2 rings (SSSR count). The lowest BCUT2D eigenvalue weighted by atomic mass is 10.2. The maximum absolute atomic E-state index is 11.2. The molecular weight excluding hydrogens is 210 g/mol. The lowest BCUT2D eigenvalue weighted by molar-refractivity contribution is 0.291. The van der Waals surface area contributed by atoms with Gasteiger partial charge >= 0.3 is 0 Å². The van der Waals surface area contributed by atoms with Gasteiger partial charge in [0.15, 0.2) is 0 Å². The van der Waals surface area contributed by atoms with Crippen LogP contribution >= 0.6 is 0 Å². The maximum atomic E-state index is 11.2. The molecule has 0 aromatic heterocycles. The van der Waals surface area contributed by atoms with Crippen LogP contribution in [0.3, 0.4) is 0 Å². The van der Waals surface area contributed by atoms with Gasteiger partial charge in [-0.25, -0.2) is 0 Å². The molecule has 1 aromatic rings. The van der Waals surface area contributed by atoms with E-state index in [-0.39, 0.29) is 0 Å². The number of phenols is 1. The summed E-state index contributed by atoms with van der Waals surface area (Å²) in [7, 11) is -0.604. The molecule has 1 aliphatic heterocycles. The molecule has 0 saturated carbocycles. The van der Waals surface area contributed by atoms with Crippen LogP contribution in [0.5, 0.6) is 5.75 Å². The number of phenolic OH excluding ortho intramolecular Hbond substituents is 1. The predicted molar refractivity (Wildman–Crippen MR) is 61.3 cm³/mol. The zero-order chi connectivity index (χ0) is 10.7. The normalized spacial score (nSPS) is 19.2. The minimum absolute atomic E-state index is 0.304.